The number of pyridine rings is 1. The van der Waals surface area contributed by atoms with E-state index in [2.05, 4.69) is 26.9 Å². The Kier molecular flexibility index (Phi) is 5.40. The summed E-state index contributed by atoms with van der Waals surface area (Å²) in [6.07, 6.45) is 11.6. The minimum Gasteiger partial charge on any atom is -0.363 e. The van der Waals surface area contributed by atoms with Gasteiger partial charge < -0.3 is 9.80 Å². The van der Waals surface area contributed by atoms with Crippen LogP contribution in [0.2, 0.25) is 0 Å². The Hall–Kier alpha value is -1.62. The lowest BCUT2D eigenvalue weighted by Crippen LogP contribution is -2.54. The van der Waals surface area contributed by atoms with Gasteiger partial charge in [-0.05, 0) is 50.3 Å². The average molecular weight is 371 g/mol. The van der Waals surface area contributed by atoms with Crippen molar-refractivity contribution in [3.05, 3.63) is 23.9 Å². The van der Waals surface area contributed by atoms with Crippen LogP contribution in [0.1, 0.15) is 56.9 Å². The molecule has 1 aliphatic carbocycles. The Morgan fingerprint density at radius 2 is 1.93 bits per heavy atom. The summed E-state index contributed by atoms with van der Waals surface area (Å²) in [5.41, 5.74) is 1.12. The summed E-state index contributed by atoms with van der Waals surface area (Å²) in [7, 11) is 4.03. The van der Waals surface area contributed by atoms with E-state index in [1.54, 1.807) is 0 Å². The van der Waals surface area contributed by atoms with Crippen molar-refractivity contribution in [2.24, 2.45) is 5.41 Å². The van der Waals surface area contributed by atoms with Gasteiger partial charge in [-0.2, -0.15) is 0 Å². The standard InChI is InChI=1S/C22H34N4O/c1-24(2)20-10-9-18(15-23-20)16-25-14-12-22(17-25)11-6-13-26(21(22)27)19-7-4-3-5-8-19/h9-10,15,19H,3-8,11-14,16-17H2,1-2H3/t22-/m1/s1. The van der Waals surface area contributed by atoms with Crippen molar-refractivity contribution in [1.82, 2.24) is 14.8 Å². The molecule has 0 unspecified atom stereocenters. The number of rotatable bonds is 4. The maximum atomic E-state index is 13.4. The predicted molar refractivity (Wildman–Crippen MR) is 109 cm³/mol. The largest absolute Gasteiger partial charge is 0.363 e. The zero-order valence-electron chi connectivity index (χ0n) is 17.0. The van der Waals surface area contributed by atoms with Crippen LogP contribution >= 0.6 is 0 Å². The second-order valence-electron chi connectivity index (χ2n) is 9.05. The van der Waals surface area contributed by atoms with Crippen LogP contribution < -0.4 is 4.90 Å². The van der Waals surface area contributed by atoms with Crippen LogP contribution in [0.15, 0.2) is 18.3 Å². The van der Waals surface area contributed by atoms with Crippen molar-refractivity contribution < 1.29 is 4.79 Å². The van der Waals surface area contributed by atoms with Gasteiger partial charge in [0.1, 0.15) is 5.82 Å². The minimum atomic E-state index is -0.118. The fraction of sp³-hybridized carbons (Fsp3) is 0.727. The molecule has 1 aromatic heterocycles. The third-order valence-corrected chi connectivity index (χ3v) is 6.89. The molecule has 3 heterocycles. The second kappa shape index (κ2) is 7.78. The molecule has 4 rings (SSSR count). The van der Waals surface area contributed by atoms with E-state index in [4.69, 9.17) is 0 Å². The summed E-state index contributed by atoms with van der Waals surface area (Å²) in [4.78, 5) is 24.8. The first-order valence-corrected chi connectivity index (χ1v) is 10.7. The Morgan fingerprint density at radius 1 is 1.11 bits per heavy atom. The first-order valence-electron chi connectivity index (χ1n) is 10.7. The Bertz CT molecular complexity index is 653. The highest BCUT2D eigenvalue weighted by molar-refractivity contribution is 5.84. The Morgan fingerprint density at radius 3 is 2.63 bits per heavy atom. The van der Waals surface area contributed by atoms with Crippen molar-refractivity contribution in [1.29, 1.82) is 0 Å². The van der Waals surface area contributed by atoms with E-state index in [0.717, 1.165) is 44.8 Å². The van der Waals surface area contributed by atoms with Crippen molar-refractivity contribution in [2.45, 2.75) is 64.0 Å². The lowest BCUT2D eigenvalue weighted by atomic mass is 9.77. The fourth-order valence-electron chi connectivity index (χ4n) is 5.35. The number of carbonyl (C=O) groups is 1. The molecule has 148 valence electrons. The van der Waals surface area contributed by atoms with Gasteiger partial charge in [0.05, 0.1) is 5.41 Å². The molecule has 0 radical (unpaired) electrons. The summed E-state index contributed by atoms with van der Waals surface area (Å²) < 4.78 is 0. The topological polar surface area (TPSA) is 39.7 Å². The van der Waals surface area contributed by atoms with Crippen LogP contribution in [0.5, 0.6) is 0 Å². The van der Waals surface area contributed by atoms with Crippen LogP contribution in [0.3, 0.4) is 0 Å². The molecule has 1 spiro atoms. The van der Waals surface area contributed by atoms with Gasteiger partial charge in [0.2, 0.25) is 5.91 Å². The van der Waals surface area contributed by atoms with Crippen LogP contribution in [0.4, 0.5) is 5.82 Å². The molecule has 27 heavy (non-hydrogen) atoms. The van der Waals surface area contributed by atoms with E-state index in [9.17, 15) is 4.79 Å². The smallest absolute Gasteiger partial charge is 0.230 e. The molecule has 3 fully saturated rings. The molecular formula is C22H34N4O. The van der Waals surface area contributed by atoms with Crippen molar-refractivity contribution in [3.8, 4) is 0 Å². The maximum Gasteiger partial charge on any atom is 0.230 e. The Labute approximate surface area is 163 Å². The molecule has 2 aliphatic heterocycles. The lowest BCUT2D eigenvalue weighted by molar-refractivity contribution is -0.149. The van der Waals surface area contributed by atoms with Crippen LogP contribution in [0, 0.1) is 5.41 Å². The zero-order valence-corrected chi connectivity index (χ0v) is 17.0. The highest BCUT2D eigenvalue weighted by Gasteiger charge is 2.49. The van der Waals surface area contributed by atoms with Crippen molar-refractivity contribution >= 4 is 11.7 Å². The highest BCUT2D eigenvalue weighted by atomic mass is 16.2. The molecule has 5 heteroatoms. The predicted octanol–water partition coefficient (Wildman–Crippen LogP) is 3.29. The van der Waals surface area contributed by atoms with Crippen LogP contribution in [0.25, 0.3) is 0 Å². The summed E-state index contributed by atoms with van der Waals surface area (Å²) in [6, 6.07) is 4.77. The molecule has 1 aromatic rings. The molecule has 2 saturated heterocycles. The van der Waals surface area contributed by atoms with E-state index < -0.39 is 0 Å². The lowest BCUT2D eigenvalue weighted by Gasteiger charge is -2.44. The first-order chi connectivity index (χ1) is 13.1. The molecular weight excluding hydrogens is 336 g/mol. The fourth-order valence-corrected chi connectivity index (χ4v) is 5.35. The van der Waals surface area contributed by atoms with Crippen molar-refractivity contribution in [2.75, 3.05) is 38.6 Å². The van der Waals surface area contributed by atoms with Crippen molar-refractivity contribution in [3.63, 3.8) is 0 Å². The molecule has 1 amide bonds. The van der Waals surface area contributed by atoms with Gasteiger partial charge in [-0.15, -0.1) is 0 Å². The number of carbonyl (C=O) groups excluding carboxylic acids is 1. The SMILES string of the molecule is CN(C)c1ccc(CN2CC[C@]3(CCCN(C4CCCCC4)C3=O)C2)cn1. The van der Waals surface area contributed by atoms with Gasteiger partial charge in [0.25, 0.3) is 0 Å². The number of anilines is 1. The van der Waals surface area contributed by atoms with E-state index >= 15 is 0 Å². The molecule has 1 saturated carbocycles. The summed E-state index contributed by atoms with van der Waals surface area (Å²) in [5, 5.41) is 0. The Balaban J connectivity index is 1.40. The minimum absolute atomic E-state index is 0.118. The normalized spacial score (nSPS) is 27.5. The molecule has 0 aromatic carbocycles. The number of hydrogen-bond acceptors (Lipinski definition) is 4. The third kappa shape index (κ3) is 3.84. The van der Waals surface area contributed by atoms with Crippen LogP contribution in [-0.4, -0.2) is 60.5 Å². The van der Waals surface area contributed by atoms with Gasteiger partial charge in [0, 0.05) is 46.0 Å². The molecule has 5 nitrogen and oxygen atoms in total. The number of aromatic nitrogens is 1. The number of likely N-dealkylation sites (tertiary alicyclic amines) is 2. The number of nitrogens with zero attached hydrogens (tertiary/aromatic N) is 4. The summed E-state index contributed by atoms with van der Waals surface area (Å²) >= 11 is 0. The van der Waals surface area contributed by atoms with E-state index in [1.165, 1.54) is 44.1 Å². The maximum absolute atomic E-state index is 13.4. The summed E-state index contributed by atoms with van der Waals surface area (Å²) in [5.74, 6) is 1.45. The molecule has 1 atom stereocenters. The zero-order chi connectivity index (χ0) is 18.9. The van der Waals surface area contributed by atoms with Gasteiger partial charge in [-0.1, -0.05) is 25.3 Å². The molecule has 0 N–H and O–H groups in total. The van der Waals surface area contributed by atoms with E-state index in [-0.39, 0.29) is 5.41 Å². The number of hydrogen-bond donors (Lipinski definition) is 0. The molecule has 3 aliphatic rings. The molecule has 0 bridgehead atoms. The van der Waals surface area contributed by atoms with Gasteiger partial charge in [0.15, 0.2) is 0 Å². The first kappa shape index (κ1) is 18.7. The number of amides is 1. The van der Waals surface area contributed by atoms with Crippen LogP contribution in [-0.2, 0) is 11.3 Å². The number of piperidine rings is 1. The third-order valence-electron chi connectivity index (χ3n) is 6.89. The second-order valence-corrected chi connectivity index (χ2v) is 9.05. The van der Waals surface area contributed by atoms with E-state index in [1.807, 2.05) is 25.2 Å². The van der Waals surface area contributed by atoms with Gasteiger partial charge in [-0.3, -0.25) is 9.69 Å². The van der Waals surface area contributed by atoms with Gasteiger partial charge >= 0.3 is 0 Å². The summed E-state index contributed by atoms with van der Waals surface area (Å²) in [6.45, 7) is 3.84. The monoisotopic (exact) mass is 370 g/mol. The average Bonchev–Trinajstić information content (AvgIpc) is 3.09. The van der Waals surface area contributed by atoms with E-state index in [0.29, 0.717) is 11.9 Å². The highest BCUT2D eigenvalue weighted by Crippen LogP contribution is 2.42. The van der Waals surface area contributed by atoms with Gasteiger partial charge in [-0.25, -0.2) is 4.98 Å². The quantitative estimate of drug-likeness (QED) is 0.815.